The van der Waals surface area contributed by atoms with E-state index in [0.717, 1.165) is 12.8 Å². The molecule has 0 aliphatic heterocycles. The fraction of sp³-hybridized carbons (Fsp3) is 0.391. The molecule has 168 valence electrons. The van der Waals surface area contributed by atoms with Crippen LogP contribution in [-0.4, -0.2) is 37.6 Å². The zero-order valence-electron chi connectivity index (χ0n) is 18.5. The van der Waals surface area contributed by atoms with E-state index in [1.165, 1.54) is 16.4 Å². The number of hydrogen-bond acceptors (Lipinski definition) is 4. The number of nitrogens with one attached hydrogen (secondary N) is 2. The Hall–Kier alpha value is -2.71. The lowest BCUT2D eigenvalue weighted by molar-refractivity contribution is -0.118. The first-order valence-electron chi connectivity index (χ1n) is 10.5. The van der Waals surface area contributed by atoms with Gasteiger partial charge in [-0.3, -0.25) is 9.59 Å². The molecule has 0 saturated carbocycles. The molecule has 2 amide bonds. The van der Waals surface area contributed by atoms with Crippen molar-refractivity contribution in [3.63, 3.8) is 0 Å². The average molecular weight is 446 g/mol. The highest BCUT2D eigenvalue weighted by Gasteiger charge is 2.23. The van der Waals surface area contributed by atoms with Gasteiger partial charge in [-0.15, -0.1) is 0 Å². The van der Waals surface area contributed by atoms with E-state index in [1.807, 2.05) is 13.8 Å². The van der Waals surface area contributed by atoms with Crippen LogP contribution in [0.15, 0.2) is 53.4 Å². The maximum absolute atomic E-state index is 12.8. The number of hydrogen-bond donors (Lipinski definition) is 2. The SMILES string of the molecule is CCCN(CCC)S(=O)(=O)c1ccc(NC(=O)c2cccc(NC(=O)C(C)C)c2)cc1. The Kier molecular flexibility index (Phi) is 8.76. The third kappa shape index (κ3) is 6.63. The quantitative estimate of drug-likeness (QED) is 0.568. The van der Waals surface area contributed by atoms with Gasteiger partial charge in [-0.25, -0.2) is 8.42 Å². The minimum absolute atomic E-state index is 0.130. The fourth-order valence-corrected chi connectivity index (χ4v) is 4.56. The average Bonchev–Trinajstić information content (AvgIpc) is 2.74. The zero-order chi connectivity index (χ0) is 23.0. The van der Waals surface area contributed by atoms with Crippen LogP contribution in [-0.2, 0) is 14.8 Å². The summed E-state index contributed by atoms with van der Waals surface area (Å²) in [6.45, 7) is 8.41. The van der Waals surface area contributed by atoms with E-state index < -0.39 is 10.0 Å². The number of amides is 2. The van der Waals surface area contributed by atoms with Crippen molar-refractivity contribution in [2.75, 3.05) is 23.7 Å². The van der Waals surface area contributed by atoms with Crippen molar-refractivity contribution in [3.05, 3.63) is 54.1 Å². The van der Waals surface area contributed by atoms with Gasteiger partial charge >= 0.3 is 0 Å². The standard InChI is InChI=1S/C23H31N3O4S/c1-5-14-26(15-6-2)31(29,30)21-12-10-19(11-13-21)24-23(28)18-8-7-9-20(16-18)25-22(27)17(3)4/h7-13,16-17H,5-6,14-15H2,1-4H3,(H,24,28)(H,25,27). The molecule has 0 fully saturated rings. The first kappa shape index (κ1) is 24.6. The predicted molar refractivity (Wildman–Crippen MR) is 124 cm³/mol. The highest BCUT2D eigenvalue weighted by Crippen LogP contribution is 2.20. The van der Waals surface area contributed by atoms with Crippen LogP contribution in [0, 0.1) is 5.92 Å². The summed E-state index contributed by atoms with van der Waals surface area (Å²) >= 11 is 0. The summed E-state index contributed by atoms with van der Waals surface area (Å²) < 4.78 is 27.2. The van der Waals surface area contributed by atoms with E-state index in [2.05, 4.69) is 10.6 Å². The minimum Gasteiger partial charge on any atom is -0.326 e. The van der Waals surface area contributed by atoms with Gasteiger partial charge in [0.05, 0.1) is 4.90 Å². The molecule has 2 rings (SSSR count). The van der Waals surface area contributed by atoms with Gasteiger partial charge < -0.3 is 10.6 Å². The van der Waals surface area contributed by atoms with Crippen molar-refractivity contribution in [1.82, 2.24) is 4.31 Å². The molecule has 0 atom stereocenters. The molecular formula is C23H31N3O4S. The Morgan fingerprint density at radius 3 is 2.06 bits per heavy atom. The van der Waals surface area contributed by atoms with E-state index in [0.29, 0.717) is 30.0 Å². The summed E-state index contributed by atoms with van der Waals surface area (Å²) in [6, 6.07) is 12.8. The molecule has 31 heavy (non-hydrogen) atoms. The van der Waals surface area contributed by atoms with E-state index in [-0.39, 0.29) is 22.6 Å². The number of anilines is 2. The molecule has 2 aromatic rings. The van der Waals surface area contributed by atoms with Crippen molar-refractivity contribution in [2.24, 2.45) is 5.92 Å². The molecule has 0 unspecified atom stereocenters. The van der Waals surface area contributed by atoms with Crippen LogP contribution in [0.5, 0.6) is 0 Å². The van der Waals surface area contributed by atoms with Crippen LogP contribution < -0.4 is 10.6 Å². The summed E-state index contributed by atoms with van der Waals surface area (Å²) in [5.74, 6) is -0.651. The van der Waals surface area contributed by atoms with Gasteiger partial charge in [-0.2, -0.15) is 4.31 Å². The van der Waals surface area contributed by atoms with Crippen molar-refractivity contribution in [2.45, 2.75) is 45.4 Å². The Balaban J connectivity index is 2.12. The van der Waals surface area contributed by atoms with Gasteiger partial charge in [-0.1, -0.05) is 33.8 Å². The second-order valence-corrected chi connectivity index (χ2v) is 9.55. The Bertz CT molecular complexity index is 996. The molecular weight excluding hydrogens is 414 g/mol. The van der Waals surface area contributed by atoms with Crippen LogP contribution in [0.4, 0.5) is 11.4 Å². The summed E-state index contributed by atoms with van der Waals surface area (Å²) in [7, 11) is -3.57. The van der Waals surface area contributed by atoms with E-state index in [1.54, 1.807) is 50.2 Å². The van der Waals surface area contributed by atoms with E-state index in [9.17, 15) is 18.0 Å². The Morgan fingerprint density at radius 1 is 0.903 bits per heavy atom. The monoisotopic (exact) mass is 445 g/mol. The molecule has 0 heterocycles. The second kappa shape index (κ2) is 11.1. The first-order valence-corrected chi connectivity index (χ1v) is 12.0. The molecule has 0 spiro atoms. The van der Waals surface area contributed by atoms with Crippen molar-refractivity contribution in [1.29, 1.82) is 0 Å². The minimum atomic E-state index is -3.57. The number of carbonyl (C=O) groups excluding carboxylic acids is 2. The lowest BCUT2D eigenvalue weighted by atomic mass is 10.1. The smallest absolute Gasteiger partial charge is 0.255 e. The molecule has 0 radical (unpaired) electrons. The molecule has 2 aromatic carbocycles. The number of rotatable bonds is 10. The normalized spacial score (nSPS) is 11.5. The molecule has 7 nitrogen and oxygen atoms in total. The maximum atomic E-state index is 12.8. The van der Waals surface area contributed by atoms with Crippen LogP contribution in [0.25, 0.3) is 0 Å². The Morgan fingerprint density at radius 2 is 1.52 bits per heavy atom. The summed E-state index contributed by atoms with van der Waals surface area (Å²) in [5.41, 5.74) is 1.41. The van der Waals surface area contributed by atoms with Crippen molar-refractivity contribution >= 4 is 33.2 Å². The van der Waals surface area contributed by atoms with Crippen LogP contribution in [0.3, 0.4) is 0 Å². The number of benzene rings is 2. The van der Waals surface area contributed by atoms with Gasteiger partial charge in [0.1, 0.15) is 0 Å². The van der Waals surface area contributed by atoms with Crippen LogP contribution >= 0.6 is 0 Å². The highest BCUT2D eigenvalue weighted by molar-refractivity contribution is 7.89. The topological polar surface area (TPSA) is 95.6 Å². The highest BCUT2D eigenvalue weighted by atomic mass is 32.2. The van der Waals surface area contributed by atoms with E-state index >= 15 is 0 Å². The van der Waals surface area contributed by atoms with Crippen LogP contribution in [0.2, 0.25) is 0 Å². The van der Waals surface area contributed by atoms with Crippen molar-refractivity contribution < 1.29 is 18.0 Å². The molecule has 8 heteroatoms. The Labute approximate surface area is 184 Å². The zero-order valence-corrected chi connectivity index (χ0v) is 19.3. The summed E-state index contributed by atoms with van der Waals surface area (Å²) in [4.78, 5) is 24.7. The van der Waals surface area contributed by atoms with Gasteiger partial charge in [-0.05, 0) is 55.3 Å². The molecule has 0 aliphatic carbocycles. The number of nitrogens with zero attached hydrogens (tertiary/aromatic N) is 1. The number of sulfonamides is 1. The summed E-state index contributed by atoms with van der Waals surface area (Å²) in [5, 5.41) is 5.53. The van der Waals surface area contributed by atoms with Gasteiger partial charge in [0.15, 0.2) is 0 Å². The predicted octanol–water partition coefficient (Wildman–Crippen LogP) is 4.34. The fourth-order valence-electron chi connectivity index (χ4n) is 2.94. The third-order valence-electron chi connectivity index (χ3n) is 4.61. The summed E-state index contributed by atoms with van der Waals surface area (Å²) in [6.07, 6.45) is 1.48. The molecule has 0 saturated heterocycles. The van der Waals surface area contributed by atoms with Gasteiger partial charge in [0.25, 0.3) is 5.91 Å². The molecule has 0 aliphatic rings. The lowest BCUT2D eigenvalue weighted by Gasteiger charge is -2.21. The first-order chi connectivity index (χ1) is 14.7. The third-order valence-corrected chi connectivity index (χ3v) is 6.53. The lowest BCUT2D eigenvalue weighted by Crippen LogP contribution is -2.32. The number of carbonyl (C=O) groups is 2. The molecule has 2 N–H and O–H groups in total. The van der Waals surface area contributed by atoms with Gasteiger partial charge in [0, 0.05) is 35.9 Å². The molecule has 0 bridgehead atoms. The van der Waals surface area contributed by atoms with Gasteiger partial charge in [0.2, 0.25) is 15.9 Å². The second-order valence-electron chi connectivity index (χ2n) is 7.61. The van der Waals surface area contributed by atoms with E-state index in [4.69, 9.17) is 0 Å². The maximum Gasteiger partial charge on any atom is 0.255 e. The van der Waals surface area contributed by atoms with Crippen molar-refractivity contribution in [3.8, 4) is 0 Å². The largest absolute Gasteiger partial charge is 0.326 e. The van der Waals surface area contributed by atoms with Crippen LogP contribution in [0.1, 0.15) is 50.9 Å². The molecule has 0 aromatic heterocycles.